The van der Waals surface area contributed by atoms with Crippen LogP contribution in [0.15, 0.2) is 0 Å². The molecule has 0 fully saturated rings. The molecule has 0 heterocycles. The zero-order valence-electron chi connectivity index (χ0n) is 12.6. The van der Waals surface area contributed by atoms with E-state index in [9.17, 15) is 9.59 Å². The minimum absolute atomic E-state index is 0.222. The summed E-state index contributed by atoms with van der Waals surface area (Å²) >= 11 is -0.574. The van der Waals surface area contributed by atoms with Gasteiger partial charge >= 0.3 is 78.4 Å². The number of hydrogen-bond donors (Lipinski definition) is 2. The van der Waals surface area contributed by atoms with Gasteiger partial charge in [-0.1, -0.05) is 13.8 Å². The summed E-state index contributed by atoms with van der Waals surface area (Å²) in [5, 5.41) is 15.4. The average molecular weight is 314 g/mol. The van der Waals surface area contributed by atoms with Crippen molar-refractivity contribution in [2.45, 2.75) is 66.6 Å². The van der Waals surface area contributed by atoms with Crippen LogP contribution in [0, 0.1) is 0 Å². The summed E-state index contributed by atoms with van der Waals surface area (Å²) in [5.74, 6) is -1.49. The Morgan fingerprint density at radius 2 is 1.11 bits per heavy atom. The Balaban J connectivity index is -0.000000219. The Morgan fingerprint density at radius 1 is 0.895 bits per heavy atom. The van der Waals surface area contributed by atoms with E-state index in [0.717, 1.165) is 0 Å². The first-order valence-electron chi connectivity index (χ1n) is 6.17. The fourth-order valence-corrected chi connectivity index (χ4v) is 0.908. The van der Waals surface area contributed by atoms with Gasteiger partial charge in [-0.2, -0.15) is 0 Å². The predicted octanol–water partition coefficient (Wildman–Crippen LogP) is 2.71. The number of carboxylic acids is 2. The molecule has 0 radical (unpaired) electrons. The third-order valence-corrected chi connectivity index (χ3v) is 2.95. The van der Waals surface area contributed by atoms with E-state index in [1.54, 1.807) is 13.8 Å². The van der Waals surface area contributed by atoms with Crippen LogP contribution in [0.4, 0.5) is 0 Å². The normalized spacial score (nSPS) is 9.05. The Labute approximate surface area is 125 Å². The van der Waals surface area contributed by atoms with Crippen molar-refractivity contribution in [2.24, 2.45) is 0 Å². The Bertz CT molecular complexity index is 196. The Hall–Kier alpha value is -0.426. The standard InChI is InChI=1S/2C3H6O2.2C3H7O.Ti/c2*1-2-3(4)5;2*1-3(2)4;/h2*2H2,1H3,(H,4,5);2*3H,1-2H3;/q;;2*-1;+2. The second kappa shape index (κ2) is 17.6. The van der Waals surface area contributed by atoms with Crippen LogP contribution in [0.25, 0.3) is 0 Å². The molecule has 0 amide bonds. The van der Waals surface area contributed by atoms with Crippen LogP contribution < -0.4 is 0 Å². The van der Waals surface area contributed by atoms with Gasteiger partial charge in [-0.25, -0.2) is 0 Å². The van der Waals surface area contributed by atoms with Crippen LogP contribution in [0.2, 0.25) is 0 Å². The van der Waals surface area contributed by atoms with E-state index in [1.165, 1.54) is 0 Å². The van der Waals surface area contributed by atoms with Gasteiger partial charge in [-0.3, -0.25) is 9.59 Å². The second-order valence-electron chi connectivity index (χ2n) is 3.91. The monoisotopic (exact) mass is 314 g/mol. The summed E-state index contributed by atoms with van der Waals surface area (Å²) in [4.78, 5) is 18.7. The molecule has 0 saturated heterocycles. The van der Waals surface area contributed by atoms with Gasteiger partial charge in [-0.15, -0.1) is 0 Å². The van der Waals surface area contributed by atoms with Gasteiger partial charge < -0.3 is 10.2 Å². The molecule has 0 atom stereocenters. The van der Waals surface area contributed by atoms with E-state index in [4.69, 9.17) is 16.8 Å². The molecule has 19 heavy (non-hydrogen) atoms. The molecule has 0 aliphatic rings. The van der Waals surface area contributed by atoms with Crippen LogP contribution in [0.5, 0.6) is 0 Å². The van der Waals surface area contributed by atoms with Crippen molar-refractivity contribution in [3.63, 3.8) is 0 Å². The predicted molar refractivity (Wildman–Crippen MR) is 68.3 cm³/mol. The third kappa shape index (κ3) is 46.5. The topological polar surface area (TPSA) is 93.1 Å². The Morgan fingerprint density at radius 3 is 1.21 bits per heavy atom. The van der Waals surface area contributed by atoms with Crippen LogP contribution in [0.1, 0.15) is 54.4 Å². The summed E-state index contributed by atoms with van der Waals surface area (Å²) in [5.41, 5.74) is 0. The van der Waals surface area contributed by atoms with Gasteiger partial charge in [0, 0.05) is 12.8 Å². The van der Waals surface area contributed by atoms with Crippen molar-refractivity contribution in [3.8, 4) is 0 Å². The van der Waals surface area contributed by atoms with Crippen molar-refractivity contribution in [1.82, 2.24) is 0 Å². The molecule has 0 bridgehead atoms. The van der Waals surface area contributed by atoms with E-state index in [2.05, 4.69) is 0 Å². The number of aliphatic carboxylic acids is 2. The first-order chi connectivity index (χ1) is 8.67. The van der Waals surface area contributed by atoms with E-state index in [1.807, 2.05) is 27.7 Å². The van der Waals surface area contributed by atoms with Gasteiger partial charge in [0.1, 0.15) is 0 Å². The van der Waals surface area contributed by atoms with Crippen molar-refractivity contribution in [2.75, 3.05) is 0 Å². The van der Waals surface area contributed by atoms with Crippen molar-refractivity contribution >= 4 is 11.9 Å². The molecule has 0 spiro atoms. The summed E-state index contributed by atoms with van der Waals surface area (Å²) in [6.45, 7) is 11.3. The minimum atomic E-state index is -0.745. The maximum atomic E-state index is 9.37. The van der Waals surface area contributed by atoms with Crippen LogP contribution >= 0.6 is 0 Å². The molecule has 0 aromatic rings. The molecule has 2 N–H and O–H groups in total. The van der Waals surface area contributed by atoms with Crippen LogP contribution in [0.3, 0.4) is 0 Å². The van der Waals surface area contributed by atoms with Crippen LogP contribution in [-0.4, -0.2) is 34.4 Å². The van der Waals surface area contributed by atoms with E-state index < -0.39 is 31.9 Å². The largest absolute Gasteiger partial charge is 0.481 e. The van der Waals surface area contributed by atoms with Gasteiger partial charge in [0.15, 0.2) is 0 Å². The van der Waals surface area contributed by atoms with E-state index in [0.29, 0.717) is 12.2 Å². The molecule has 0 unspecified atom stereocenters. The number of hydrogen-bond acceptors (Lipinski definition) is 4. The van der Waals surface area contributed by atoms with Gasteiger partial charge in [-0.05, 0) is 0 Å². The fourth-order valence-electron chi connectivity index (χ4n) is 0.220. The van der Waals surface area contributed by atoms with Gasteiger partial charge in [0.2, 0.25) is 0 Å². The molecule has 0 aliphatic heterocycles. The first kappa shape index (κ1) is 23.7. The Kier molecular flexibility index (Phi) is 21.9. The maximum absolute atomic E-state index is 9.37. The minimum Gasteiger partial charge on any atom is -0.481 e. The summed E-state index contributed by atoms with van der Waals surface area (Å²) in [7, 11) is 0. The number of carbonyl (C=O) groups is 2. The number of carboxylic acid groups (broad SMARTS) is 2. The molecule has 0 saturated carbocycles. The fraction of sp³-hybridized carbons (Fsp3) is 0.833. The van der Waals surface area contributed by atoms with Crippen molar-refractivity contribution < 1.29 is 46.4 Å². The van der Waals surface area contributed by atoms with Gasteiger partial charge in [0.25, 0.3) is 0 Å². The summed E-state index contributed by atoms with van der Waals surface area (Å²) in [6.07, 6.45) is 1.09. The molecular formula is C12H26O6Ti. The molecule has 0 rings (SSSR count). The van der Waals surface area contributed by atoms with E-state index in [-0.39, 0.29) is 12.8 Å². The molecule has 6 nitrogen and oxygen atoms in total. The molecule has 0 aliphatic carbocycles. The van der Waals surface area contributed by atoms with Gasteiger partial charge in [0.05, 0.1) is 0 Å². The molecular weight excluding hydrogens is 288 g/mol. The van der Waals surface area contributed by atoms with Crippen LogP contribution in [-0.2, 0) is 36.2 Å². The molecule has 114 valence electrons. The SMILES string of the molecule is CC(C)[O][Ti][O]C(C)C.CCC(=O)O.CCC(=O)O. The third-order valence-electron chi connectivity index (χ3n) is 1.17. The molecule has 0 aromatic heterocycles. The smallest absolute Gasteiger partial charge is 0.303 e. The van der Waals surface area contributed by atoms with E-state index >= 15 is 0 Å². The summed E-state index contributed by atoms with van der Waals surface area (Å²) < 4.78 is 10.5. The zero-order chi connectivity index (χ0) is 15.8. The summed E-state index contributed by atoms with van der Waals surface area (Å²) in [6, 6.07) is 0. The average Bonchev–Trinajstić information content (AvgIpc) is 2.29. The number of rotatable bonds is 6. The zero-order valence-corrected chi connectivity index (χ0v) is 14.2. The second-order valence-corrected chi connectivity index (χ2v) is 4.91. The maximum Gasteiger partial charge on any atom is 0.303 e. The molecule has 7 heteroatoms. The van der Waals surface area contributed by atoms with Crippen molar-refractivity contribution in [1.29, 1.82) is 0 Å². The molecule has 0 aromatic carbocycles. The van der Waals surface area contributed by atoms with Crippen molar-refractivity contribution in [3.05, 3.63) is 0 Å². The quantitative estimate of drug-likeness (QED) is 0.732. The first-order valence-corrected chi connectivity index (χ1v) is 7.44.